The monoisotopic (exact) mass is 342 g/mol. The van der Waals surface area contributed by atoms with Gasteiger partial charge in [0.2, 0.25) is 5.91 Å². The molecule has 0 saturated heterocycles. The van der Waals surface area contributed by atoms with Crippen LogP contribution in [0, 0.1) is 0 Å². The number of rotatable bonds is 5. The summed E-state index contributed by atoms with van der Waals surface area (Å²) in [5.41, 5.74) is 1.98. The van der Waals surface area contributed by atoms with E-state index in [0.717, 1.165) is 21.1 Å². The molecule has 0 aliphatic heterocycles. The lowest BCUT2D eigenvalue weighted by molar-refractivity contribution is -0.131. The second kappa shape index (κ2) is 7.06. The van der Waals surface area contributed by atoms with Gasteiger partial charge in [0, 0.05) is 12.4 Å². The Morgan fingerprint density at radius 3 is 2.65 bits per heavy atom. The Hall–Kier alpha value is -1.98. The Bertz CT molecular complexity index is 765. The molecule has 0 bridgehead atoms. The van der Waals surface area contributed by atoms with E-state index in [9.17, 15) is 4.79 Å². The highest BCUT2D eigenvalue weighted by Crippen LogP contribution is 2.28. The first kappa shape index (κ1) is 15.9. The fraction of sp³-hybridized carbons (Fsp3) is 0.222. The zero-order valence-electron chi connectivity index (χ0n) is 13.1. The van der Waals surface area contributed by atoms with Crippen molar-refractivity contribution >= 4 is 28.6 Å². The van der Waals surface area contributed by atoms with Gasteiger partial charge in [-0.3, -0.25) is 4.79 Å². The molecule has 0 aliphatic rings. The molecule has 3 rings (SSSR count). The summed E-state index contributed by atoms with van der Waals surface area (Å²) in [7, 11) is 1.85. The molecule has 1 aromatic carbocycles. The van der Waals surface area contributed by atoms with Gasteiger partial charge in [0.1, 0.15) is 5.01 Å². The first-order valence-electron chi connectivity index (χ1n) is 7.44. The summed E-state index contributed by atoms with van der Waals surface area (Å²) in [6.07, 6.45) is 0.343. The molecule has 5 heteroatoms. The Morgan fingerprint density at radius 1 is 1.17 bits per heavy atom. The van der Waals surface area contributed by atoms with Gasteiger partial charge in [-0.25, -0.2) is 4.98 Å². The number of amides is 1. The van der Waals surface area contributed by atoms with Gasteiger partial charge in [-0.2, -0.15) is 0 Å². The fourth-order valence-corrected chi connectivity index (χ4v) is 3.99. The van der Waals surface area contributed by atoms with Crippen LogP contribution in [0.25, 0.3) is 9.88 Å². The molecule has 3 nitrogen and oxygen atoms in total. The predicted octanol–water partition coefficient (Wildman–Crippen LogP) is 4.63. The van der Waals surface area contributed by atoms with Crippen molar-refractivity contribution in [3.05, 3.63) is 64.5 Å². The van der Waals surface area contributed by atoms with Gasteiger partial charge in [0.25, 0.3) is 0 Å². The van der Waals surface area contributed by atoms with Gasteiger partial charge in [0.15, 0.2) is 0 Å². The molecule has 0 saturated carbocycles. The lowest BCUT2D eigenvalue weighted by atomic mass is 10.1. The number of thiazole rings is 1. The topological polar surface area (TPSA) is 33.2 Å². The van der Waals surface area contributed by atoms with E-state index in [4.69, 9.17) is 0 Å². The molecule has 0 radical (unpaired) electrons. The number of benzene rings is 1. The van der Waals surface area contributed by atoms with Crippen LogP contribution in [0.3, 0.4) is 0 Å². The van der Waals surface area contributed by atoms with Crippen molar-refractivity contribution in [3.63, 3.8) is 0 Å². The zero-order valence-corrected chi connectivity index (χ0v) is 14.7. The van der Waals surface area contributed by atoms with Crippen molar-refractivity contribution in [1.29, 1.82) is 0 Å². The molecule has 3 aromatic rings. The summed E-state index contributed by atoms with van der Waals surface area (Å²) in [5, 5.41) is 5.01. The number of hydrogen-bond donors (Lipinski definition) is 0. The molecule has 118 valence electrons. The maximum atomic E-state index is 12.5. The van der Waals surface area contributed by atoms with Crippen LogP contribution in [0.4, 0.5) is 0 Å². The largest absolute Gasteiger partial charge is 0.339 e. The van der Waals surface area contributed by atoms with Gasteiger partial charge < -0.3 is 4.90 Å². The number of carbonyl (C=O) groups is 1. The molecule has 0 aliphatic carbocycles. The van der Waals surface area contributed by atoms with Gasteiger partial charge in [-0.15, -0.1) is 22.7 Å². The van der Waals surface area contributed by atoms with Crippen molar-refractivity contribution in [2.24, 2.45) is 0 Å². The van der Waals surface area contributed by atoms with E-state index in [2.05, 4.69) is 11.1 Å². The summed E-state index contributed by atoms with van der Waals surface area (Å²) in [4.78, 5) is 20.0. The number of likely N-dealkylation sites (N-methyl/N-ethyl adjacent to an activating group) is 1. The van der Waals surface area contributed by atoms with E-state index in [-0.39, 0.29) is 11.9 Å². The van der Waals surface area contributed by atoms with Crippen LogP contribution in [-0.4, -0.2) is 22.8 Å². The summed E-state index contributed by atoms with van der Waals surface area (Å²) in [6, 6.07) is 14.2. The molecular formula is C18H18N2OS2. The molecule has 23 heavy (non-hydrogen) atoms. The summed E-state index contributed by atoms with van der Waals surface area (Å²) >= 11 is 3.26. The standard InChI is InChI=1S/C18H18N2OS2/c1-13(14-7-4-3-5-8-14)20(2)17(21)11-15-12-23-18(19-15)16-9-6-10-22-16/h3-10,12-13H,11H2,1-2H3. The average molecular weight is 342 g/mol. The number of nitrogens with zero attached hydrogens (tertiary/aromatic N) is 2. The van der Waals surface area contributed by atoms with Crippen LogP contribution in [-0.2, 0) is 11.2 Å². The van der Waals surface area contributed by atoms with Crippen molar-refractivity contribution in [3.8, 4) is 9.88 Å². The number of hydrogen-bond acceptors (Lipinski definition) is 4. The molecule has 0 fully saturated rings. The molecule has 1 unspecified atom stereocenters. The molecule has 2 heterocycles. The Labute approximate surface area is 144 Å². The molecule has 0 spiro atoms. The summed E-state index contributed by atoms with van der Waals surface area (Å²) in [5.74, 6) is 0.0874. The van der Waals surface area contributed by atoms with Crippen molar-refractivity contribution in [2.45, 2.75) is 19.4 Å². The minimum absolute atomic E-state index is 0.0547. The number of aromatic nitrogens is 1. The Morgan fingerprint density at radius 2 is 1.96 bits per heavy atom. The molecular weight excluding hydrogens is 324 g/mol. The van der Waals surface area contributed by atoms with Crippen molar-refractivity contribution in [2.75, 3.05) is 7.05 Å². The van der Waals surface area contributed by atoms with Crippen LogP contribution in [0.5, 0.6) is 0 Å². The van der Waals surface area contributed by atoms with E-state index in [0.29, 0.717) is 6.42 Å². The zero-order chi connectivity index (χ0) is 16.2. The second-order valence-electron chi connectivity index (χ2n) is 5.39. The maximum absolute atomic E-state index is 12.5. The summed E-state index contributed by atoms with van der Waals surface area (Å²) < 4.78 is 0. The third-order valence-corrected chi connectivity index (χ3v) is 5.80. The first-order chi connectivity index (χ1) is 11.1. The molecule has 1 atom stereocenters. The van der Waals surface area contributed by atoms with Gasteiger partial charge in [-0.1, -0.05) is 36.4 Å². The quantitative estimate of drug-likeness (QED) is 0.677. The second-order valence-corrected chi connectivity index (χ2v) is 7.20. The predicted molar refractivity (Wildman–Crippen MR) is 96.8 cm³/mol. The number of thiophene rings is 1. The smallest absolute Gasteiger partial charge is 0.228 e. The van der Waals surface area contributed by atoms with Crippen molar-refractivity contribution in [1.82, 2.24) is 9.88 Å². The lowest BCUT2D eigenvalue weighted by Gasteiger charge is -2.25. The summed E-state index contributed by atoms with van der Waals surface area (Å²) in [6.45, 7) is 2.05. The van der Waals surface area contributed by atoms with Crippen LogP contribution < -0.4 is 0 Å². The van der Waals surface area contributed by atoms with Gasteiger partial charge >= 0.3 is 0 Å². The Kier molecular flexibility index (Phi) is 4.88. The highest BCUT2D eigenvalue weighted by Gasteiger charge is 2.18. The average Bonchev–Trinajstić information content (AvgIpc) is 3.25. The normalized spacial score (nSPS) is 12.1. The van der Waals surface area contributed by atoms with E-state index in [1.54, 1.807) is 27.6 Å². The lowest BCUT2D eigenvalue weighted by Crippen LogP contribution is -2.31. The minimum atomic E-state index is 0.0547. The molecule has 2 aromatic heterocycles. The minimum Gasteiger partial charge on any atom is -0.339 e. The maximum Gasteiger partial charge on any atom is 0.228 e. The van der Waals surface area contributed by atoms with Crippen LogP contribution in [0.15, 0.2) is 53.2 Å². The number of carbonyl (C=O) groups excluding carboxylic acids is 1. The van der Waals surface area contributed by atoms with E-state index in [1.807, 2.05) is 61.1 Å². The molecule has 1 amide bonds. The van der Waals surface area contributed by atoms with Crippen LogP contribution in [0.2, 0.25) is 0 Å². The third-order valence-electron chi connectivity index (χ3n) is 3.87. The van der Waals surface area contributed by atoms with Crippen molar-refractivity contribution < 1.29 is 4.79 Å². The highest BCUT2D eigenvalue weighted by molar-refractivity contribution is 7.20. The SMILES string of the molecule is CC(c1ccccc1)N(C)C(=O)Cc1csc(-c2cccs2)n1. The van der Waals surface area contributed by atoms with E-state index in [1.165, 1.54) is 0 Å². The van der Waals surface area contributed by atoms with E-state index >= 15 is 0 Å². The van der Waals surface area contributed by atoms with E-state index < -0.39 is 0 Å². The molecule has 0 N–H and O–H groups in total. The fourth-order valence-electron chi connectivity index (χ4n) is 2.35. The Balaban J connectivity index is 1.67. The third kappa shape index (κ3) is 3.68. The highest BCUT2D eigenvalue weighted by atomic mass is 32.1. The van der Waals surface area contributed by atoms with Gasteiger partial charge in [0.05, 0.1) is 23.0 Å². The van der Waals surface area contributed by atoms with Gasteiger partial charge in [-0.05, 0) is 23.9 Å². The first-order valence-corrected chi connectivity index (χ1v) is 9.20. The van der Waals surface area contributed by atoms with Crippen LogP contribution >= 0.6 is 22.7 Å². The van der Waals surface area contributed by atoms with Crippen LogP contribution in [0.1, 0.15) is 24.2 Å².